The van der Waals surface area contributed by atoms with Crippen molar-refractivity contribution < 1.29 is 33.5 Å². The zero-order valence-electron chi connectivity index (χ0n) is 29.7. The standard InChI is InChI=1S/C40H44N6O7/c1-24-39(51)46-19-11-18-33(46)37(49)44-32(22-28-23-41-30-17-10-9-16-29(28)30)40(52)53-25(2)35(45-34(47)21-27-14-7-4-8-15-27)38(50)43-31(36(48)42-24)20-26-12-5-3-6-13-26/h3-10,12-17,23-25,31-33,35,41H,11,18-22H2,1-2H3,(H,42,48)(H,43,50)(H,44,49)(H,45,47)/t24-,25-,31-,32+,33?,35?/m1/s1. The van der Waals surface area contributed by atoms with E-state index in [0.717, 1.165) is 22.0 Å². The van der Waals surface area contributed by atoms with Crippen LogP contribution in [-0.4, -0.2) is 88.2 Å². The Bertz CT molecular complexity index is 1970. The lowest BCUT2D eigenvalue weighted by atomic mass is 10.0. The summed E-state index contributed by atoms with van der Waals surface area (Å²) in [6, 6.07) is 19.8. The number of nitrogens with one attached hydrogen (secondary N) is 5. The Morgan fingerprint density at radius 1 is 0.774 bits per heavy atom. The largest absolute Gasteiger partial charge is 0.458 e. The van der Waals surface area contributed by atoms with Gasteiger partial charge in [-0.15, -0.1) is 0 Å². The lowest BCUT2D eigenvalue weighted by Gasteiger charge is -2.31. The van der Waals surface area contributed by atoms with Gasteiger partial charge in [-0.1, -0.05) is 78.9 Å². The summed E-state index contributed by atoms with van der Waals surface area (Å²) in [5, 5.41) is 11.9. The first-order chi connectivity index (χ1) is 25.6. The fourth-order valence-electron chi connectivity index (χ4n) is 6.96. The number of hydrogen-bond donors (Lipinski definition) is 5. The summed E-state index contributed by atoms with van der Waals surface area (Å²) in [7, 11) is 0. The molecule has 2 aliphatic rings. The van der Waals surface area contributed by atoms with Crippen LogP contribution in [0.25, 0.3) is 10.9 Å². The van der Waals surface area contributed by atoms with Crippen molar-refractivity contribution in [2.45, 2.75) is 82.3 Å². The number of esters is 1. The van der Waals surface area contributed by atoms with Gasteiger partial charge in [-0.2, -0.15) is 0 Å². The number of para-hydroxylation sites is 1. The lowest BCUT2D eigenvalue weighted by Crippen LogP contribution is -2.61. The molecule has 13 heteroatoms. The van der Waals surface area contributed by atoms with Gasteiger partial charge in [0.05, 0.1) is 6.42 Å². The molecule has 1 aromatic heterocycles. The summed E-state index contributed by atoms with van der Waals surface area (Å²) >= 11 is 0. The van der Waals surface area contributed by atoms with Gasteiger partial charge in [0.25, 0.3) is 0 Å². The third-order valence-corrected chi connectivity index (χ3v) is 9.76. The van der Waals surface area contributed by atoms with Gasteiger partial charge in [-0.25, -0.2) is 4.79 Å². The van der Waals surface area contributed by atoms with Gasteiger partial charge >= 0.3 is 5.97 Å². The van der Waals surface area contributed by atoms with Crippen molar-refractivity contribution in [1.29, 1.82) is 0 Å². The maximum atomic E-state index is 14.1. The minimum atomic E-state index is -1.43. The molecule has 0 bridgehead atoms. The molecular formula is C40H44N6O7. The van der Waals surface area contributed by atoms with Crippen LogP contribution in [0.3, 0.4) is 0 Å². The van der Waals surface area contributed by atoms with E-state index in [-0.39, 0.29) is 19.3 Å². The predicted molar refractivity (Wildman–Crippen MR) is 196 cm³/mol. The first kappa shape index (κ1) is 36.8. The number of H-pyrrole nitrogens is 1. The third kappa shape index (κ3) is 8.91. The fourth-order valence-corrected chi connectivity index (χ4v) is 6.96. The first-order valence-corrected chi connectivity index (χ1v) is 17.9. The van der Waals surface area contributed by atoms with Crippen LogP contribution >= 0.6 is 0 Å². The Morgan fingerprint density at radius 2 is 1.43 bits per heavy atom. The van der Waals surface area contributed by atoms with E-state index in [9.17, 15) is 28.8 Å². The average molecular weight is 721 g/mol. The van der Waals surface area contributed by atoms with Crippen molar-refractivity contribution in [1.82, 2.24) is 31.2 Å². The Labute approximate surface area is 307 Å². The fraction of sp³-hybridized carbons (Fsp3) is 0.350. The van der Waals surface area contributed by atoms with E-state index >= 15 is 0 Å². The quantitative estimate of drug-likeness (QED) is 0.182. The van der Waals surface area contributed by atoms with E-state index in [1.165, 1.54) is 18.7 Å². The number of nitrogens with zero attached hydrogens (tertiary/aromatic N) is 1. The monoisotopic (exact) mass is 720 g/mol. The molecular weight excluding hydrogens is 676 g/mol. The minimum Gasteiger partial charge on any atom is -0.458 e. The Balaban J connectivity index is 1.34. The molecule has 2 unspecified atom stereocenters. The molecule has 6 atom stereocenters. The second-order valence-electron chi connectivity index (χ2n) is 13.6. The molecule has 0 spiro atoms. The summed E-state index contributed by atoms with van der Waals surface area (Å²) in [5.41, 5.74) is 3.03. The van der Waals surface area contributed by atoms with Crippen LogP contribution in [0.2, 0.25) is 0 Å². The maximum Gasteiger partial charge on any atom is 0.329 e. The first-order valence-electron chi connectivity index (χ1n) is 17.9. The average Bonchev–Trinajstić information content (AvgIpc) is 3.81. The Kier molecular flexibility index (Phi) is 11.5. The zero-order chi connectivity index (χ0) is 37.5. The molecule has 5 amide bonds. The van der Waals surface area contributed by atoms with E-state index < -0.39 is 71.8 Å². The number of aromatic amines is 1. The Morgan fingerprint density at radius 3 is 2.17 bits per heavy atom. The molecule has 3 heterocycles. The summed E-state index contributed by atoms with van der Waals surface area (Å²) in [6.45, 7) is 3.30. The number of hydrogen-bond acceptors (Lipinski definition) is 7. The molecule has 2 fully saturated rings. The van der Waals surface area contributed by atoms with E-state index in [2.05, 4.69) is 26.3 Å². The maximum absolute atomic E-state index is 14.1. The van der Waals surface area contributed by atoms with E-state index in [0.29, 0.717) is 24.9 Å². The van der Waals surface area contributed by atoms with Crippen molar-refractivity contribution in [3.63, 3.8) is 0 Å². The molecule has 13 nitrogen and oxygen atoms in total. The van der Waals surface area contributed by atoms with E-state index in [1.807, 2.05) is 36.4 Å². The van der Waals surface area contributed by atoms with Gasteiger partial charge in [0.1, 0.15) is 36.3 Å². The number of ether oxygens (including phenoxy) is 1. The number of rotatable bonds is 7. The number of carbonyl (C=O) groups excluding carboxylic acids is 6. The van der Waals surface area contributed by atoms with Crippen LogP contribution < -0.4 is 21.3 Å². The molecule has 5 N–H and O–H groups in total. The van der Waals surface area contributed by atoms with Gasteiger partial charge in [-0.3, -0.25) is 24.0 Å². The molecule has 3 aromatic carbocycles. The second kappa shape index (κ2) is 16.6. The van der Waals surface area contributed by atoms with Gasteiger partial charge < -0.3 is 35.9 Å². The van der Waals surface area contributed by atoms with Crippen LogP contribution in [0, 0.1) is 0 Å². The topological polar surface area (TPSA) is 179 Å². The van der Waals surface area contributed by atoms with Crippen molar-refractivity contribution in [3.8, 4) is 0 Å². The SMILES string of the molecule is C[C@H]1NC(=O)[C@@H](Cc2ccccc2)NC(=O)C(NC(=O)Cc2ccccc2)[C@@H](C)OC(=O)[C@H](Cc2c[nH]c3ccccc23)NC(=O)C2CCCN2C1=O. The minimum absolute atomic E-state index is 0.0464. The van der Waals surface area contributed by atoms with Crippen molar-refractivity contribution in [2.75, 3.05) is 6.54 Å². The van der Waals surface area contributed by atoms with E-state index in [4.69, 9.17) is 4.74 Å². The smallest absolute Gasteiger partial charge is 0.329 e. The lowest BCUT2D eigenvalue weighted by molar-refractivity contribution is -0.156. The van der Waals surface area contributed by atoms with Crippen molar-refractivity contribution >= 4 is 46.4 Å². The number of cyclic esters (lactones) is 1. The van der Waals surface area contributed by atoms with Crippen LogP contribution in [0.4, 0.5) is 0 Å². The molecule has 4 aromatic rings. The molecule has 2 aliphatic heterocycles. The highest BCUT2D eigenvalue weighted by Gasteiger charge is 2.40. The summed E-state index contributed by atoms with van der Waals surface area (Å²) in [4.78, 5) is 87.7. The van der Waals surface area contributed by atoms with Crippen LogP contribution in [0.1, 0.15) is 43.4 Å². The number of carbonyl (C=O) groups is 6. The molecule has 0 saturated carbocycles. The van der Waals surface area contributed by atoms with E-state index in [1.54, 1.807) is 54.7 Å². The molecule has 53 heavy (non-hydrogen) atoms. The third-order valence-electron chi connectivity index (χ3n) is 9.76. The number of amides is 5. The highest BCUT2D eigenvalue weighted by molar-refractivity contribution is 5.97. The zero-order valence-corrected chi connectivity index (χ0v) is 29.7. The highest BCUT2D eigenvalue weighted by Crippen LogP contribution is 2.22. The van der Waals surface area contributed by atoms with Crippen LogP contribution in [0.15, 0.2) is 91.1 Å². The van der Waals surface area contributed by atoms with Crippen molar-refractivity contribution in [2.24, 2.45) is 0 Å². The predicted octanol–water partition coefficient (Wildman–Crippen LogP) is 2.09. The molecule has 2 saturated heterocycles. The number of aromatic nitrogens is 1. The van der Waals surface area contributed by atoms with Crippen molar-refractivity contribution in [3.05, 3.63) is 108 Å². The Hall–Kier alpha value is -5.98. The molecule has 0 radical (unpaired) electrons. The van der Waals surface area contributed by atoms with Gasteiger partial charge in [-0.05, 0) is 49.4 Å². The summed E-state index contributed by atoms with van der Waals surface area (Å²) < 4.78 is 5.92. The summed E-state index contributed by atoms with van der Waals surface area (Å²) in [5.74, 6) is -3.76. The highest BCUT2D eigenvalue weighted by atomic mass is 16.5. The second-order valence-corrected chi connectivity index (χ2v) is 13.6. The molecule has 6 rings (SSSR count). The van der Waals surface area contributed by atoms with Gasteiger partial charge in [0, 0.05) is 36.5 Å². The number of fused-ring (bicyclic) bond motifs is 2. The van der Waals surface area contributed by atoms with Crippen LogP contribution in [0.5, 0.6) is 0 Å². The van der Waals surface area contributed by atoms with Gasteiger partial charge in [0.15, 0.2) is 0 Å². The number of benzene rings is 3. The van der Waals surface area contributed by atoms with Gasteiger partial charge in [0.2, 0.25) is 29.5 Å². The summed E-state index contributed by atoms with van der Waals surface area (Å²) in [6.07, 6.45) is 1.50. The molecule has 276 valence electrons. The normalized spacial score (nSPS) is 24.5. The van der Waals surface area contributed by atoms with Crippen LogP contribution in [-0.2, 0) is 52.8 Å². The molecule has 0 aliphatic carbocycles.